The fourth-order valence-corrected chi connectivity index (χ4v) is 1.74. The van der Waals surface area contributed by atoms with Crippen LogP contribution in [0.25, 0.3) is 11.1 Å². The molecule has 1 aromatic heterocycles. The molecule has 1 heterocycles. The van der Waals surface area contributed by atoms with Crippen LogP contribution >= 0.6 is 0 Å². The van der Waals surface area contributed by atoms with Crippen molar-refractivity contribution in [1.29, 1.82) is 0 Å². The molecule has 0 amide bonds. The lowest BCUT2D eigenvalue weighted by Gasteiger charge is -2.08. The van der Waals surface area contributed by atoms with E-state index < -0.39 is 0 Å². The van der Waals surface area contributed by atoms with Gasteiger partial charge in [0.1, 0.15) is 0 Å². The lowest BCUT2D eigenvalue weighted by atomic mass is 10.00. The number of benzene rings is 1. The van der Waals surface area contributed by atoms with E-state index in [1.807, 2.05) is 37.3 Å². The van der Waals surface area contributed by atoms with Crippen LogP contribution in [0.5, 0.6) is 5.88 Å². The number of aliphatic hydroxyl groups is 1. The second-order valence-electron chi connectivity index (χ2n) is 3.90. The standard InChI is InChI=1S/C14H15NO2/c1-10-3-4-11(9-16)7-13(10)12-5-6-14(17-2)15-8-12/h3-8,16H,9H2,1-2H3. The largest absolute Gasteiger partial charge is 0.481 e. The SMILES string of the molecule is COc1ccc(-c2cc(CO)ccc2C)cn1. The Kier molecular flexibility index (Phi) is 3.40. The van der Waals surface area contributed by atoms with E-state index in [1.54, 1.807) is 13.3 Å². The van der Waals surface area contributed by atoms with Crippen LogP contribution in [0.4, 0.5) is 0 Å². The quantitative estimate of drug-likeness (QED) is 0.879. The summed E-state index contributed by atoms with van der Waals surface area (Å²) in [4.78, 5) is 4.19. The van der Waals surface area contributed by atoms with Gasteiger partial charge in [-0.2, -0.15) is 0 Å². The molecule has 0 radical (unpaired) electrons. The smallest absolute Gasteiger partial charge is 0.212 e. The Labute approximate surface area is 101 Å². The van der Waals surface area contributed by atoms with Crippen molar-refractivity contribution in [3.63, 3.8) is 0 Å². The predicted molar refractivity (Wildman–Crippen MR) is 66.9 cm³/mol. The number of ether oxygens (including phenoxy) is 1. The van der Waals surface area contributed by atoms with Crippen molar-refractivity contribution in [3.8, 4) is 17.0 Å². The molecule has 2 rings (SSSR count). The second kappa shape index (κ2) is 4.97. The number of aliphatic hydroxyl groups excluding tert-OH is 1. The zero-order valence-corrected chi connectivity index (χ0v) is 9.97. The zero-order chi connectivity index (χ0) is 12.3. The number of rotatable bonds is 3. The van der Waals surface area contributed by atoms with Gasteiger partial charge in [0.2, 0.25) is 5.88 Å². The Morgan fingerprint density at radius 3 is 2.65 bits per heavy atom. The van der Waals surface area contributed by atoms with Gasteiger partial charge in [-0.3, -0.25) is 0 Å². The number of methoxy groups -OCH3 is 1. The number of hydrogen-bond donors (Lipinski definition) is 1. The Morgan fingerprint density at radius 2 is 2.06 bits per heavy atom. The number of hydrogen-bond acceptors (Lipinski definition) is 3. The van der Waals surface area contributed by atoms with Crippen molar-refractivity contribution in [2.75, 3.05) is 7.11 Å². The van der Waals surface area contributed by atoms with E-state index in [2.05, 4.69) is 4.98 Å². The first-order valence-corrected chi connectivity index (χ1v) is 5.45. The van der Waals surface area contributed by atoms with Crippen molar-refractivity contribution < 1.29 is 9.84 Å². The van der Waals surface area contributed by atoms with Crippen molar-refractivity contribution in [2.45, 2.75) is 13.5 Å². The predicted octanol–water partition coefficient (Wildman–Crippen LogP) is 2.56. The van der Waals surface area contributed by atoms with Gasteiger partial charge in [-0.05, 0) is 35.7 Å². The normalized spacial score (nSPS) is 10.3. The Hall–Kier alpha value is -1.87. The Morgan fingerprint density at radius 1 is 1.24 bits per heavy atom. The van der Waals surface area contributed by atoms with Crippen LogP contribution in [0.2, 0.25) is 0 Å². The summed E-state index contributed by atoms with van der Waals surface area (Å²) in [6, 6.07) is 9.72. The molecule has 3 heteroatoms. The summed E-state index contributed by atoms with van der Waals surface area (Å²) in [6.45, 7) is 2.09. The summed E-state index contributed by atoms with van der Waals surface area (Å²) in [7, 11) is 1.60. The first kappa shape index (κ1) is 11.6. The van der Waals surface area contributed by atoms with Crippen molar-refractivity contribution in [3.05, 3.63) is 47.7 Å². The number of aryl methyl sites for hydroxylation is 1. The summed E-state index contributed by atoms with van der Waals surface area (Å²) in [5.41, 5.74) is 4.18. The van der Waals surface area contributed by atoms with E-state index in [0.29, 0.717) is 5.88 Å². The fraction of sp³-hybridized carbons (Fsp3) is 0.214. The highest BCUT2D eigenvalue weighted by atomic mass is 16.5. The van der Waals surface area contributed by atoms with Crippen molar-refractivity contribution >= 4 is 0 Å². The van der Waals surface area contributed by atoms with Crippen molar-refractivity contribution in [2.24, 2.45) is 0 Å². The van der Waals surface area contributed by atoms with E-state index in [0.717, 1.165) is 22.3 Å². The van der Waals surface area contributed by atoms with E-state index in [9.17, 15) is 0 Å². The van der Waals surface area contributed by atoms with Crippen LogP contribution in [0.3, 0.4) is 0 Å². The summed E-state index contributed by atoms with van der Waals surface area (Å²) in [5, 5.41) is 9.15. The van der Waals surface area contributed by atoms with Crippen LogP contribution in [0.15, 0.2) is 36.5 Å². The molecule has 3 nitrogen and oxygen atoms in total. The molecule has 0 saturated heterocycles. The van der Waals surface area contributed by atoms with E-state index >= 15 is 0 Å². The fourth-order valence-electron chi connectivity index (χ4n) is 1.74. The van der Waals surface area contributed by atoms with Crippen LogP contribution in [0, 0.1) is 6.92 Å². The number of nitrogens with zero attached hydrogens (tertiary/aromatic N) is 1. The van der Waals surface area contributed by atoms with Gasteiger partial charge in [0, 0.05) is 17.8 Å². The van der Waals surface area contributed by atoms with Crippen LogP contribution < -0.4 is 4.74 Å². The van der Waals surface area contributed by atoms with E-state index in [4.69, 9.17) is 9.84 Å². The highest BCUT2D eigenvalue weighted by Gasteiger charge is 2.04. The summed E-state index contributed by atoms with van der Waals surface area (Å²) < 4.78 is 5.03. The minimum absolute atomic E-state index is 0.0524. The third-order valence-corrected chi connectivity index (χ3v) is 2.74. The third-order valence-electron chi connectivity index (χ3n) is 2.74. The van der Waals surface area contributed by atoms with E-state index in [-0.39, 0.29) is 6.61 Å². The maximum absolute atomic E-state index is 9.15. The van der Waals surface area contributed by atoms with E-state index in [1.165, 1.54) is 0 Å². The number of pyridine rings is 1. The van der Waals surface area contributed by atoms with Crippen molar-refractivity contribution in [1.82, 2.24) is 4.98 Å². The van der Waals surface area contributed by atoms with Gasteiger partial charge >= 0.3 is 0 Å². The van der Waals surface area contributed by atoms with Gasteiger partial charge in [-0.15, -0.1) is 0 Å². The molecule has 0 aliphatic rings. The van der Waals surface area contributed by atoms with Gasteiger partial charge in [0.25, 0.3) is 0 Å². The molecule has 2 aromatic rings. The molecule has 0 aliphatic carbocycles. The lowest BCUT2D eigenvalue weighted by molar-refractivity contribution is 0.282. The van der Waals surface area contributed by atoms with Gasteiger partial charge in [-0.25, -0.2) is 4.98 Å². The lowest BCUT2D eigenvalue weighted by Crippen LogP contribution is -1.91. The minimum atomic E-state index is 0.0524. The number of aromatic nitrogens is 1. The minimum Gasteiger partial charge on any atom is -0.481 e. The maximum Gasteiger partial charge on any atom is 0.212 e. The van der Waals surface area contributed by atoms with Gasteiger partial charge in [-0.1, -0.05) is 12.1 Å². The Bertz CT molecular complexity index is 506. The van der Waals surface area contributed by atoms with Crippen LogP contribution in [-0.4, -0.2) is 17.2 Å². The summed E-state index contributed by atoms with van der Waals surface area (Å²) in [5.74, 6) is 0.602. The maximum atomic E-state index is 9.15. The Balaban J connectivity index is 2.43. The molecule has 0 aliphatic heterocycles. The molecule has 1 aromatic carbocycles. The van der Waals surface area contributed by atoms with Gasteiger partial charge in [0.15, 0.2) is 0 Å². The first-order valence-electron chi connectivity index (χ1n) is 5.45. The molecule has 0 spiro atoms. The summed E-state index contributed by atoms with van der Waals surface area (Å²) >= 11 is 0. The van der Waals surface area contributed by atoms with Gasteiger partial charge < -0.3 is 9.84 Å². The monoisotopic (exact) mass is 229 g/mol. The topological polar surface area (TPSA) is 42.4 Å². The first-order chi connectivity index (χ1) is 8.24. The average Bonchev–Trinajstić information content (AvgIpc) is 2.39. The average molecular weight is 229 g/mol. The molecular formula is C14H15NO2. The summed E-state index contributed by atoms with van der Waals surface area (Å²) in [6.07, 6.45) is 1.78. The molecule has 88 valence electrons. The molecule has 0 unspecified atom stereocenters. The molecule has 0 bridgehead atoms. The van der Waals surface area contributed by atoms with Crippen LogP contribution in [-0.2, 0) is 6.61 Å². The zero-order valence-electron chi connectivity index (χ0n) is 9.97. The molecular weight excluding hydrogens is 214 g/mol. The molecule has 0 atom stereocenters. The molecule has 1 N–H and O–H groups in total. The van der Waals surface area contributed by atoms with Crippen LogP contribution in [0.1, 0.15) is 11.1 Å². The molecule has 17 heavy (non-hydrogen) atoms. The molecule has 0 fully saturated rings. The molecule has 0 saturated carbocycles. The van der Waals surface area contributed by atoms with Gasteiger partial charge in [0.05, 0.1) is 13.7 Å². The highest BCUT2D eigenvalue weighted by molar-refractivity contribution is 5.67. The second-order valence-corrected chi connectivity index (χ2v) is 3.90. The third kappa shape index (κ3) is 2.45. The highest BCUT2D eigenvalue weighted by Crippen LogP contribution is 2.25.